The molecule has 3 rings (SSSR count). The number of para-hydroxylation sites is 2. The van der Waals surface area contributed by atoms with E-state index >= 15 is 0 Å². The number of allylic oxidation sites excluding steroid dienone is 2. The average Bonchev–Trinajstić information content (AvgIpc) is 2.79. The zero-order valence-corrected chi connectivity index (χ0v) is 23.0. The van der Waals surface area contributed by atoms with Crippen LogP contribution in [0.4, 0.5) is 11.4 Å². The lowest BCUT2D eigenvalue weighted by atomic mass is 9.89. The minimum atomic E-state index is 0.458. The SMILES string of the molecule is CC(Nc1c(C(C)C)cccc1C(C)C)=C1CCCCC1=Nc1c(C(C)C)cccc1C(C)C. The van der Waals surface area contributed by atoms with Gasteiger partial charge in [0, 0.05) is 17.1 Å². The largest absolute Gasteiger partial charge is 0.358 e. The third kappa shape index (κ3) is 5.82. The monoisotopic (exact) mass is 458 g/mol. The Bertz CT molecular complexity index is 998. The molecule has 0 unspecified atom stereocenters. The summed E-state index contributed by atoms with van der Waals surface area (Å²) in [6.07, 6.45) is 4.61. The number of nitrogens with zero attached hydrogens (tertiary/aromatic N) is 1. The first-order chi connectivity index (χ1) is 16.1. The lowest BCUT2D eigenvalue weighted by molar-refractivity contribution is 0.727. The Morgan fingerprint density at radius 1 is 0.676 bits per heavy atom. The van der Waals surface area contributed by atoms with Crippen LogP contribution in [0.3, 0.4) is 0 Å². The molecule has 1 fully saturated rings. The summed E-state index contributed by atoms with van der Waals surface area (Å²) in [5, 5.41) is 3.90. The molecular weight excluding hydrogens is 412 g/mol. The second kappa shape index (κ2) is 11.4. The van der Waals surface area contributed by atoms with Crippen molar-refractivity contribution in [3.05, 3.63) is 69.9 Å². The van der Waals surface area contributed by atoms with Gasteiger partial charge in [-0.3, -0.25) is 4.99 Å². The summed E-state index contributed by atoms with van der Waals surface area (Å²) in [5.41, 5.74) is 12.0. The van der Waals surface area contributed by atoms with Crippen LogP contribution in [-0.2, 0) is 0 Å². The van der Waals surface area contributed by atoms with Gasteiger partial charge in [0.1, 0.15) is 0 Å². The predicted molar refractivity (Wildman–Crippen MR) is 151 cm³/mol. The minimum Gasteiger partial charge on any atom is -0.358 e. The molecule has 0 aromatic heterocycles. The molecule has 1 aliphatic carbocycles. The van der Waals surface area contributed by atoms with E-state index in [1.165, 1.54) is 63.5 Å². The molecule has 0 amide bonds. The second-order valence-electron chi connectivity index (χ2n) is 11.2. The summed E-state index contributed by atoms with van der Waals surface area (Å²) >= 11 is 0. The van der Waals surface area contributed by atoms with Crippen LogP contribution >= 0.6 is 0 Å². The molecule has 0 saturated heterocycles. The highest BCUT2D eigenvalue weighted by Gasteiger charge is 2.21. The predicted octanol–water partition coefficient (Wildman–Crippen LogP) is 10.2. The third-order valence-corrected chi connectivity index (χ3v) is 7.17. The number of hydrogen-bond acceptors (Lipinski definition) is 2. The molecule has 0 heterocycles. The average molecular weight is 459 g/mol. The molecule has 0 aliphatic heterocycles. The normalized spacial score (nSPS) is 17.4. The fourth-order valence-corrected chi connectivity index (χ4v) is 5.15. The lowest BCUT2D eigenvalue weighted by Crippen LogP contribution is -2.16. The molecule has 184 valence electrons. The van der Waals surface area contributed by atoms with Gasteiger partial charge >= 0.3 is 0 Å². The van der Waals surface area contributed by atoms with E-state index in [0.717, 1.165) is 12.8 Å². The lowest BCUT2D eigenvalue weighted by Gasteiger charge is -2.25. The summed E-state index contributed by atoms with van der Waals surface area (Å²) in [7, 11) is 0. The van der Waals surface area contributed by atoms with E-state index in [4.69, 9.17) is 4.99 Å². The van der Waals surface area contributed by atoms with E-state index in [-0.39, 0.29) is 0 Å². The van der Waals surface area contributed by atoms with Crippen molar-refractivity contribution in [2.75, 3.05) is 5.32 Å². The molecule has 2 heteroatoms. The van der Waals surface area contributed by atoms with Crippen molar-refractivity contribution in [2.45, 2.75) is 112 Å². The molecule has 34 heavy (non-hydrogen) atoms. The van der Waals surface area contributed by atoms with E-state index in [9.17, 15) is 0 Å². The smallest absolute Gasteiger partial charge is 0.0702 e. The molecule has 2 aromatic rings. The van der Waals surface area contributed by atoms with Gasteiger partial charge in [-0.1, -0.05) is 91.8 Å². The van der Waals surface area contributed by atoms with Crippen LogP contribution in [0.5, 0.6) is 0 Å². The minimum absolute atomic E-state index is 0.458. The van der Waals surface area contributed by atoms with Crippen molar-refractivity contribution in [2.24, 2.45) is 4.99 Å². The van der Waals surface area contributed by atoms with Crippen molar-refractivity contribution in [3.63, 3.8) is 0 Å². The maximum Gasteiger partial charge on any atom is 0.0702 e. The Balaban J connectivity index is 2.13. The first kappa shape index (κ1) is 26.3. The number of aliphatic imine (C=N–C) groups is 1. The van der Waals surface area contributed by atoms with Crippen molar-refractivity contribution in [1.29, 1.82) is 0 Å². The van der Waals surface area contributed by atoms with Crippen LogP contribution in [0.25, 0.3) is 0 Å². The maximum absolute atomic E-state index is 5.44. The Morgan fingerprint density at radius 2 is 1.12 bits per heavy atom. The van der Waals surface area contributed by atoms with Crippen LogP contribution in [0, 0.1) is 0 Å². The van der Waals surface area contributed by atoms with Crippen LogP contribution in [0.15, 0.2) is 52.7 Å². The first-order valence-corrected chi connectivity index (χ1v) is 13.4. The Morgan fingerprint density at radius 3 is 1.59 bits per heavy atom. The molecule has 2 aromatic carbocycles. The van der Waals surface area contributed by atoms with Gasteiger partial charge in [0.05, 0.1) is 5.69 Å². The van der Waals surface area contributed by atoms with Crippen LogP contribution in [0.1, 0.15) is 134 Å². The number of rotatable bonds is 7. The fourth-order valence-electron chi connectivity index (χ4n) is 5.15. The summed E-state index contributed by atoms with van der Waals surface area (Å²) in [6, 6.07) is 13.5. The second-order valence-corrected chi connectivity index (χ2v) is 11.2. The van der Waals surface area contributed by atoms with E-state index < -0.39 is 0 Å². The Labute approximate surface area is 209 Å². The van der Waals surface area contributed by atoms with Gasteiger partial charge in [0.2, 0.25) is 0 Å². The molecule has 0 spiro atoms. The Kier molecular flexibility index (Phi) is 8.79. The maximum atomic E-state index is 5.44. The molecule has 0 bridgehead atoms. The summed E-state index contributed by atoms with van der Waals surface area (Å²) < 4.78 is 0. The van der Waals surface area contributed by atoms with E-state index in [1.807, 2.05) is 0 Å². The highest BCUT2D eigenvalue weighted by molar-refractivity contribution is 6.03. The van der Waals surface area contributed by atoms with E-state index in [0.29, 0.717) is 23.7 Å². The van der Waals surface area contributed by atoms with Crippen molar-refractivity contribution in [3.8, 4) is 0 Å². The van der Waals surface area contributed by atoms with Gasteiger partial charge in [0.25, 0.3) is 0 Å². The van der Waals surface area contributed by atoms with Gasteiger partial charge in [-0.25, -0.2) is 0 Å². The van der Waals surface area contributed by atoms with Crippen LogP contribution in [0.2, 0.25) is 0 Å². The molecule has 1 saturated carbocycles. The van der Waals surface area contributed by atoms with Gasteiger partial charge in [0.15, 0.2) is 0 Å². The standard InChI is InChI=1S/C32H46N2/c1-20(2)25-15-12-16-26(21(3)4)31(25)33-24(9)29-14-10-11-19-30(29)34-32-27(22(5)6)17-13-18-28(32)23(7)8/h12-13,15-18,20-23,33H,10-11,14,19H2,1-9H3. The van der Waals surface area contributed by atoms with Crippen molar-refractivity contribution in [1.82, 2.24) is 0 Å². The number of anilines is 1. The summed E-state index contributed by atoms with van der Waals surface area (Å²) in [4.78, 5) is 5.44. The van der Waals surface area contributed by atoms with Crippen molar-refractivity contribution >= 4 is 17.1 Å². The number of hydrogen-bond donors (Lipinski definition) is 1. The zero-order valence-electron chi connectivity index (χ0n) is 23.0. The van der Waals surface area contributed by atoms with Crippen molar-refractivity contribution < 1.29 is 0 Å². The van der Waals surface area contributed by atoms with E-state index in [1.54, 1.807) is 0 Å². The van der Waals surface area contributed by atoms with Crippen LogP contribution in [-0.4, -0.2) is 5.71 Å². The van der Waals surface area contributed by atoms with Gasteiger partial charge < -0.3 is 5.32 Å². The first-order valence-electron chi connectivity index (χ1n) is 13.4. The van der Waals surface area contributed by atoms with Crippen LogP contribution < -0.4 is 5.32 Å². The summed E-state index contributed by atoms with van der Waals surface area (Å²) in [5.74, 6) is 1.87. The van der Waals surface area contributed by atoms with Gasteiger partial charge in [-0.05, 0) is 84.1 Å². The fraction of sp³-hybridized carbons (Fsp3) is 0.531. The van der Waals surface area contributed by atoms with Gasteiger partial charge in [-0.2, -0.15) is 0 Å². The highest BCUT2D eigenvalue weighted by Crippen LogP contribution is 2.38. The molecule has 0 atom stereocenters. The summed E-state index contributed by atoms with van der Waals surface area (Å²) in [6.45, 7) is 20.5. The topological polar surface area (TPSA) is 24.4 Å². The number of nitrogens with one attached hydrogen (secondary N) is 1. The molecule has 1 N–H and O–H groups in total. The quantitative estimate of drug-likeness (QED) is 0.438. The Hall–Kier alpha value is -2.35. The molecule has 0 radical (unpaired) electrons. The number of benzene rings is 2. The third-order valence-electron chi connectivity index (χ3n) is 7.17. The molecule has 1 aliphatic rings. The van der Waals surface area contributed by atoms with E-state index in [2.05, 4.69) is 104 Å². The van der Waals surface area contributed by atoms with Gasteiger partial charge in [-0.15, -0.1) is 0 Å². The molecular formula is C32H46N2. The zero-order chi connectivity index (χ0) is 25.0. The molecule has 2 nitrogen and oxygen atoms in total. The highest BCUT2D eigenvalue weighted by atomic mass is 14.9.